The lowest BCUT2D eigenvalue weighted by Gasteiger charge is -2.35. The van der Waals surface area contributed by atoms with Gasteiger partial charge in [0, 0.05) is 45.7 Å². The predicted molar refractivity (Wildman–Crippen MR) is 84.7 cm³/mol. The lowest BCUT2D eigenvalue weighted by atomic mass is 10.0. The van der Waals surface area contributed by atoms with Crippen molar-refractivity contribution < 1.29 is 14.4 Å². The van der Waals surface area contributed by atoms with Gasteiger partial charge in [-0.25, -0.2) is 4.79 Å². The molecule has 0 aromatic rings. The summed E-state index contributed by atoms with van der Waals surface area (Å²) < 4.78 is 0. The Labute approximate surface area is 137 Å². The standard InChI is InChI=1S/C16H26N4O3/c21-14(11-13-3-1-2-4-13)19-9-7-18(8-10-19)12-15(22)20-6-5-17-16(20)23/h13H,1-12H2,(H,17,23). The SMILES string of the molecule is O=C(CC1CCCC1)N1CCN(CC(=O)N2CCNC2=O)CC1. The Balaban J connectivity index is 1.40. The second-order valence-electron chi connectivity index (χ2n) is 6.79. The molecule has 1 N–H and O–H groups in total. The minimum atomic E-state index is -0.291. The summed E-state index contributed by atoms with van der Waals surface area (Å²) in [6, 6.07) is -0.291. The fourth-order valence-electron chi connectivity index (χ4n) is 3.73. The number of hydrogen-bond acceptors (Lipinski definition) is 4. The number of hydrogen-bond donors (Lipinski definition) is 1. The monoisotopic (exact) mass is 322 g/mol. The summed E-state index contributed by atoms with van der Waals surface area (Å²) in [5, 5.41) is 2.64. The van der Waals surface area contributed by atoms with E-state index in [1.807, 2.05) is 9.80 Å². The molecule has 3 fully saturated rings. The third-order valence-electron chi connectivity index (χ3n) is 5.18. The van der Waals surface area contributed by atoms with Gasteiger partial charge in [-0.1, -0.05) is 12.8 Å². The van der Waals surface area contributed by atoms with Crippen LogP contribution >= 0.6 is 0 Å². The lowest BCUT2D eigenvalue weighted by Crippen LogP contribution is -2.52. The summed E-state index contributed by atoms with van der Waals surface area (Å²) >= 11 is 0. The number of nitrogens with zero attached hydrogens (tertiary/aromatic N) is 3. The van der Waals surface area contributed by atoms with E-state index in [1.165, 1.54) is 30.6 Å². The molecule has 0 radical (unpaired) electrons. The average Bonchev–Trinajstić information content (AvgIpc) is 3.19. The van der Waals surface area contributed by atoms with E-state index in [0.717, 1.165) is 0 Å². The number of imide groups is 1. The zero-order chi connectivity index (χ0) is 16.2. The van der Waals surface area contributed by atoms with Crippen LogP contribution in [0, 0.1) is 5.92 Å². The molecule has 0 spiro atoms. The van der Waals surface area contributed by atoms with Crippen LogP contribution in [-0.2, 0) is 9.59 Å². The summed E-state index contributed by atoms with van der Waals surface area (Å²) in [5.74, 6) is 0.698. The molecular formula is C16H26N4O3. The summed E-state index contributed by atoms with van der Waals surface area (Å²) in [6.07, 6.45) is 5.60. The van der Waals surface area contributed by atoms with E-state index in [0.29, 0.717) is 51.6 Å². The topological polar surface area (TPSA) is 73.0 Å². The number of urea groups is 1. The third-order valence-corrected chi connectivity index (χ3v) is 5.18. The Hall–Kier alpha value is -1.63. The molecule has 7 nitrogen and oxygen atoms in total. The Morgan fingerprint density at radius 2 is 1.70 bits per heavy atom. The molecule has 3 aliphatic rings. The second kappa shape index (κ2) is 7.29. The molecule has 23 heavy (non-hydrogen) atoms. The molecule has 0 aromatic carbocycles. The quantitative estimate of drug-likeness (QED) is 0.806. The zero-order valence-electron chi connectivity index (χ0n) is 13.6. The van der Waals surface area contributed by atoms with Crippen molar-refractivity contribution in [1.82, 2.24) is 20.0 Å². The summed E-state index contributed by atoms with van der Waals surface area (Å²) in [6.45, 7) is 4.04. The summed E-state index contributed by atoms with van der Waals surface area (Å²) in [4.78, 5) is 41.2. The smallest absolute Gasteiger partial charge is 0.324 e. The normalized spacial score (nSPS) is 23.4. The van der Waals surface area contributed by atoms with E-state index in [2.05, 4.69) is 5.32 Å². The highest BCUT2D eigenvalue weighted by Crippen LogP contribution is 2.28. The van der Waals surface area contributed by atoms with Gasteiger partial charge in [0.25, 0.3) is 0 Å². The fourth-order valence-corrected chi connectivity index (χ4v) is 3.73. The average molecular weight is 322 g/mol. The lowest BCUT2D eigenvalue weighted by molar-refractivity contribution is -0.134. The zero-order valence-corrected chi connectivity index (χ0v) is 13.6. The third kappa shape index (κ3) is 4.02. The van der Waals surface area contributed by atoms with Crippen molar-refractivity contribution in [3.63, 3.8) is 0 Å². The maximum Gasteiger partial charge on any atom is 0.324 e. The molecule has 2 heterocycles. The minimum absolute atomic E-state index is 0.147. The maximum absolute atomic E-state index is 12.3. The van der Waals surface area contributed by atoms with Crippen LogP contribution < -0.4 is 5.32 Å². The number of carbonyl (C=O) groups is 3. The number of amides is 4. The molecule has 4 amide bonds. The highest BCUT2D eigenvalue weighted by atomic mass is 16.2. The van der Waals surface area contributed by atoms with E-state index in [9.17, 15) is 14.4 Å². The highest BCUT2D eigenvalue weighted by molar-refractivity contribution is 5.96. The first kappa shape index (κ1) is 16.2. The van der Waals surface area contributed by atoms with Gasteiger partial charge in [0.2, 0.25) is 11.8 Å². The van der Waals surface area contributed by atoms with Crippen molar-refractivity contribution in [3.05, 3.63) is 0 Å². The fraction of sp³-hybridized carbons (Fsp3) is 0.812. The van der Waals surface area contributed by atoms with Crippen LogP contribution in [-0.4, -0.2) is 78.4 Å². The van der Waals surface area contributed by atoms with Gasteiger partial charge in [0.1, 0.15) is 0 Å². The number of nitrogens with one attached hydrogen (secondary N) is 1. The molecule has 0 aromatic heterocycles. The maximum atomic E-state index is 12.3. The number of rotatable bonds is 4. The molecule has 7 heteroatoms. The molecular weight excluding hydrogens is 296 g/mol. The first-order valence-electron chi connectivity index (χ1n) is 8.72. The van der Waals surface area contributed by atoms with E-state index >= 15 is 0 Å². The van der Waals surface area contributed by atoms with Crippen LogP contribution in [0.5, 0.6) is 0 Å². The Kier molecular flexibility index (Phi) is 5.15. The van der Waals surface area contributed by atoms with Crippen molar-refractivity contribution in [2.75, 3.05) is 45.8 Å². The molecule has 128 valence electrons. The minimum Gasteiger partial charge on any atom is -0.340 e. The summed E-state index contributed by atoms with van der Waals surface area (Å²) in [7, 11) is 0. The highest BCUT2D eigenvalue weighted by Gasteiger charge is 2.29. The molecule has 2 saturated heterocycles. The van der Waals surface area contributed by atoms with Crippen LogP contribution in [0.25, 0.3) is 0 Å². The molecule has 1 aliphatic carbocycles. The molecule has 0 bridgehead atoms. The van der Waals surface area contributed by atoms with Gasteiger partial charge >= 0.3 is 6.03 Å². The van der Waals surface area contributed by atoms with E-state index < -0.39 is 0 Å². The first-order valence-corrected chi connectivity index (χ1v) is 8.72. The van der Waals surface area contributed by atoms with E-state index in [4.69, 9.17) is 0 Å². The van der Waals surface area contributed by atoms with Crippen molar-refractivity contribution >= 4 is 17.8 Å². The van der Waals surface area contributed by atoms with Crippen LogP contribution in [0.3, 0.4) is 0 Å². The molecule has 3 rings (SSSR count). The van der Waals surface area contributed by atoms with Gasteiger partial charge in [-0.2, -0.15) is 0 Å². The Morgan fingerprint density at radius 3 is 2.30 bits per heavy atom. The van der Waals surface area contributed by atoms with Crippen LogP contribution in [0.4, 0.5) is 4.79 Å². The predicted octanol–water partition coefficient (Wildman–Crippen LogP) is 0.263. The van der Waals surface area contributed by atoms with Crippen LogP contribution in [0.15, 0.2) is 0 Å². The summed E-state index contributed by atoms with van der Waals surface area (Å²) in [5.41, 5.74) is 0. The van der Waals surface area contributed by atoms with Gasteiger partial charge in [0.05, 0.1) is 6.54 Å². The van der Waals surface area contributed by atoms with Gasteiger partial charge in [0.15, 0.2) is 0 Å². The van der Waals surface area contributed by atoms with Crippen molar-refractivity contribution in [3.8, 4) is 0 Å². The molecule has 0 atom stereocenters. The molecule has 1 saturated carbocycles. The Morgan fingerprint density at radius 1 is 1.00 bits per heavy atom. The van der Waals surface area contributed by atoms with Crippen molar-refractivity contribution in [2.24, 2.45) is 5.92 Å². The van der Waals surface area contributed by atoms with Crippen molar-refractivity contribution in [1.29, 1.82) is 0 Å². The van der Waals surface area contributed by atoms with Gasteiger partial charge in [-0.3, -0.25) is 19.4 Å². The van der Waals surface area contributed by atoms with Crippen LogP contribution in [0.1, 0.15) is 32.1 Å². The number of piperazine rings is 1. The first-order chi connectivity index (χ1) is 11.1. The van der Waals surface area contributed by atoms with Gasteiger partial charge < -0.3 is 10.2 Å². The largest absolute Gasteiger partial charge is 0.340 e. The van der Waals surface area contributed by atoms with Crippen LogP contribution in [0.2, 0.25) is 0 Å². The van der Waals surface area contributed by atoms with E-state index in [-0.39, 0.29) is 24.4 Å². The van der Waals surface area contributed by atoms with Gasteiger partial charge in [-0.15, -0.1) is 0 Å². The van der Waals surface area contributed by atoms with Crippen molar-refractivity contribution in [2.45, 2.75) is 32.1 Å². The Bertz CT molecular complexity index is 468. The molecule has 0 unspecified atom stereocenters. The van der Waals surface area contributed by atoms with E-state index in [1.54, 1.807) is 0 Å². The van der Waals surface area contributed by atoms with Gasteiger partial charge in [-0.05, 0) is 18.8 Å². The second-order valence-corrected chi connectivity index (χ2v) is 6.79. The number of carbonyl (C=O) groups excluding carboxylic acids is 3. The molecule has 2 aliphatic heterocycles.